The zero-order valence-electron chi connectivity index (χ0n) is 11.8. The molecule has 0 spiro atoms. The van der Waals surface area contributed by atoms with Crippen molar-refractivity contribution in [3.8, 4) is 0 Å². The number of aliphatic carboxylic acids is 1. The molecule has 0 bridgehead atoms. The summed E-state index contributed by atoms with van der Waals surface area (Å²) < 4.78 is 25.5. The summed E-state index contributed by atoms with van der Waals surface area (Å²) >= 11 is 2.62. The summed E-state index contributed by atoms with van der Waals surface area (Å²) in [7, 11) is -2.33. The molecule has 3 N–H and O–H groups in total. The van der Waals surface area contributed by atoms with Crippen molar-refractivity contribution in [1.29, 1.82) is 0 Å². The molecule has 2 rings (SSSR count). The lowest BCUT2D eigenvalue weighted by molar-refractivity contribution is -0.144. The summed E-state index contributed by atoms with van der Waals surface area (Å²) in [5.41, 5.74) is -1.27. The molecule has 0 aliphatic carbocycles. The average molecular weight is 364 g/mol. The van der Waals surface area contributed by atoms with E-state index >= 15 is 0 Å². The number of rotatable bonds is 5. The van der Waals surface area contributed by atoms with Crippen LogP contribution in [0.25, 0.3) is 0 Å². The third-order valence-electron chi connectivity index (χ3n) is 3.49. The van der Waals surface area contributed by atoms with E-state index in [-0.39, 0.29) is 9.77 Å². The first-order valence-corrected chi connectivity index (χ1v) is 9.98. The Morgan fingerprint density at radius 3 is 2.50 bits per heavy atom. The van der Waals surface area contributed by atoms with Gasteiger partial charge in [0.25, 0.3) is 5.91 Å². The fourth-order valence-corrected chi connectivity index (χ4v) is 5.18. The van der Waals surface area contributed by atoms with E-state index < -0.39 is 27.4 Å². The van der Waals surface area contributed by atoms with E-state index in [2.05, 4.69) is 10.0 Å². The van der Waals surface area contributed by atoms with Gasteiger partial charge >= 0.3 is 5.97 Å². The summed E-state index contributed by atoms with van der Waals surface area (Å²) in [5, 5.41) is 13.4. The molecule has 1 aromatic heterocycles. The van der Waals surface area contributed by atoms with Crippen molar-refractivity contribution in [3.05, 3.63) is 16.3 Å². The normalized spacial score (nSPS) is 17.9. The highest BCUT2D eigenvalue weighted by molar-refractivity contribution is 7.99. The van der Waals surface area contributed by atoms with Gasteiger partial charge in [-0.05, 0) is 37.5 Å². The molecule has 7 nitrogen and oxygen atoms in total. The number of carbonyl (C=O) groups excluding carboxylic acids is 1. The van der Waals surface area contributed by atoms with Crippen LogP contribution < -0.4 is 10.0 Å². The van der Waals surface area contributed by atoms with Crippen molar-refractivity contribution in [2.75, 3.05) is 18.6 Å². The van der Waals surface area contributed by atoms with Gasteiger partial charge in [0.15, 0.2) is 0 Å². The number of sulfonamides is 1. The van der Waals surface area contributed by atoms with Crippen molar-refractivity contribution in [1.82, 2.24) is 10.0 Å². The second-order valence-corrected chi connectivity index (χ2v) is 8.83. The average Bonchev–Trinajstić information content (AvgIpc) is 2.99. The number of amides is 1. The summed E-state index contributed by atoms with van der Waals surface area (Å²) in [6, 6.07) is 1.25. The molecule has 10 heteroatoms. The quantitative estimate of drug-likeness (QED) is 0.710. The Hall–Kier alpha value is -1.10. The summed E-state index contributed by atoms with van der Waals surface area (Å²) in [6.45, 7) is 0. The molecule has 0 unspecified atom stereocenters. The van der Waals surface area contributed by atoms with Crippen LogP contribution in [0.4, 0.5) is 0 Å². The van der Waals surface area contributed by atoms with Gasteiger partial charge in [0.1, 0.15) is 5.54 Å². The molecule has 1 amide bonds. The van der Waals surface area contributed by atoms with Gasteiger partial charge in [-0.2, -0.15) is 11.8 Å². The number of carboxylic acid groups (broad SMARTS) is 1. The van der Waals surface area contributed by atoms with Crippen LogP contribution in [0.5, 0.6) is 0 Å². The number of hydrogen-bond acceptors (Lipinski definition) is 6. The molecule has 22 heavy (non-hydrogen) atoms. The van der Waals surface area contributed by atoms with Gasteiger partial charge in [0.05, 0.1) is 9.77 Å². The highest BCUT2D eigenvalue weighted by atomic mass is 32.2. The van der Waals surface area contributed by atoms with Crippen LogP contribution in [-0.4, -0.2) is 49.5 Å². The van der Waals surface area contributed by atoms with Crippen LogP contribution in [0, 0.1) is 0 Å². The second kappa shape index (κ2) is 6.57. The Labute approximate surface area is 136 Å². The van der Waals surface area contributed by atoms with Gasteiger partial charge < -0.3 is 10.4 Å². The van der Waals surface area contributed by atoms with Crippen molar-refractivity contribution < 1.29 is 23.1 Å². The molecule has 0 radical (unpaired) electrons. The van der Waals surface area contributed by atoms with Gasteiger partial charge in [-0.15, -0.1) is 11.3 Å². The largest absolute Gasteiger partial charge is 0.480 e. The number of hydrogen-bond donors (Lipinski definition) is 3. The van der Waals surface area contributed by atoms with Crippen LogP contribution in [0.2, 0.25) is 0 Å². The van der Waals surface area contributed by atoms with E-state index in [4.69, 9.17) is 0 Å². The zero-order chi connectivity index (χ0) is 16.4. The molecule has 2 heterocycles. The standard InChI is InChI=1S/C12H16N2O5S3/c1-13-22(18,19)8-6-9(21-7-8)10(15)14-12(11(16)17)2-4-20-5-3-12/h6-7,13H,2-5H2,1H3,(H,14,15)(H,16,17). The van der Waals surface area contributed by atoms with Crippen LogP contribution in [0.15, 0.2) is 16.3 Å². The highest BCUT2D eigenvalue weighted by Gasteiger charge is 2.41. The van der Waals surface area contributed by atoms with Crippen molar-refractivity contribution in [3.63, 3.8) is 0 Å². The van der Waals surface area contributed by atoms with Crippen LogP contribution in [-0.2, 0) is 14.8 Å². The first-order chi connectivity index (χ1) is 10.3. The molecule has 1 saturated heterocycles. The third-order valence-corrected chi connectivity index (χ3v) is 6.94. The van der Waals surface area contributed by atoms with Crippen molar-refractivity contribution >= 4 is 45.0 Å². The molecular weight excluding hydrogens is 348 g/mol. The fourth-order valence-electron chi connectivity index (χ4n) is 2.09. The minimum atomic E-state index is -3.61. The van der Waals surface area contributed by atoms with E-state index in [9.17, 15) is 23.1 Å². The van der Waals surface area contributed by atoms with Gasteiger partial charge in [-0.25, -0.2) is 17.9 Å². The minimum absolute atomic E-state index is 0.00581. The van der Waals surface area contributed by atoms with E-state index in [0.717, 1.165) is 11.3 Å². The number of thiophene rings is 1. The first kappa shape index (κ1) is 17.3. The Morgan fingerprint density at radius 2 is 1.95 bits per heavy atom. The Kier molecular flexibility index (Phi) is 5.15. The van der Waals surface area contributed by atoms with E-state index in [0.29, 0.717) is 24.3 Å². The maximum absolute atomic E-state index is 12.3. The number of nitrogens with one attached hydrogen (secondary N) is 2. The molecule has 1 aliphatic heterocycles. The summed E-state index contributed by atoms with van der Waals surface area (Å²) in [4.78, 5) is 24.0. The molecule has 1 fully saturated rings. The zero-order valence-corrected chi connectivity index (χ0v) is 14.2. The Bertz CT molecular complexity index is 677. The number of carbonyl (C=O) groups is 2. The van der Waals surface area contributed by atoms with Crippen LogP contribution >= 0.6 is 23.1 Å². The number of carboxylic acids is 1. The lowest BCUT2D eigenvalue weighted by Gasteiger charge is -2.33. The Balaban J connectivity index is 2.20. The molecule has 0 saturated carbocycles. The smallest absolute Gasteiger partial charge is 0.329 e. The minimum Gasteiger partial charge on any atom is -0.480 e. The van der Waals surface area contributed by atoms with E-state index in [1.807, 2.05) is 0 Å². The van der Waals surface area contributed by atoms with Crippen molar-refractivity contribution in [2.45, 2.75) is 23.3 Å². The molecule has 0 aromatic carbocycles. The second-order valence-electron chi connectivity index (χ2n) is 4.81. The molecule has 1 aromatic rings. The molecular formula is C12H16N2O5S3. The fraction of sp³-hybridized carbons (Fsp3) is 0.500. The number of thioether (sulfide) groups is 1. The van der Waals surface area contributed by atoms with Gasteiger partial charge in [0, 0.05) is 5.38 Å². The van der Waals surface area contributed by atoms with Gasteiger partial charge in [-0.3, -0.25) is 4.79 Å². The predicted octanol–water partition coefficient (Wildman–Crippen LogP) is 0.736. The van der Waals surface area contributed by atoms with Crippen molar-refractivity contribution in [2.24, 2.45) is 0 Å². The predicted molar refractivity (Wildman–Crippen MR) is 85.0 cm³/mol. The van der Waals surface area contributed by atoms with E-state index in [1.165, 1.54) is 18.5 Å². The van der Waals surface area contributed by atoms with Gasteiger partial charge in [0.2, 0.25) is 10.0 Å². The highest BCUT2D eigenvalue weighted by Crippen LogP contribution is 2.28. The first-order valence-electron chi connectivity index (χ1n) is 6.46. The third kappa shape index (κ3) is 3.45. The van der Waals surface area contributed by atoms with E-state index in [1.54, 1.807) is 11.8 Å². The SMILES string of the molecule is CNS(=O)(=O)c1csc(C(=O)NC2(C(=O)O)CCSCC2)c1. The van der Waals surface area contributed by atoms with Gasteiger partial charge in [-0.1, -0.05) is 0 Å². The summed E-state index contributed by atoms with van der Waals surface area (Å²) in [5.74, 6) is -0.287. The molecule has 122 valence electrons. The topological polar surface area (TPSA) is 113 Å². The monoisotopic (exact) mass is 364 g/mol. The van der Waals surface area contributed by atoms with Crippen LogP contribution in [0.1, 0.15) is 22.5 Å². The lowest BCUT2D eigenvalue weighted by Crippen LogP contribution is -2.56. The lowest BCUT2D eigenvalue weighted by atomic mass is 9.92. The Morgan fingerprint density at radius 1 is 1.32 bits per heavy atom. The summed E-state index contributed by atoms with van der Waals surface area (Å²) in [6.07, 6.45) is 0.706. The maximum atomic E-state index is 12.3. The molecule has 1 aliphatic rings. The van der Waals surface area contributed by atoms with Crippen LogP contribution in [0.3, 0.4) is 0 Å². The maximum Gasteiger partial charge on any atom is 0.329 e. The molecule has 0 atom stereocenters.